The number of hydrogen-bond acceptors (Lipinski definition) is 3. The zero-order valence-corrected chi connectivity index (χ0v) is 10.5. The highest BCUT2D eigenvalue weighted by atomic mass is 16.3. The maximum absolute atomic E-state index is 10.1. The Morgan fingerprint density at radius 2 is 1.94 bits per heavy atom. The lowest BCUT2D eigenvalue weighted by atomic mass is 9.78. The SMILES string of the molecule is CC(O)(CN)CN1CCCC2CCCCC21. The molecule has 2 aliphatic rings. The highest BCUT2D eigenvalue weighted by molar-refractivity contribution is 4.90. The van der Waals surface area contributed by atoms with Crippen LogP contribution in [0.5, 0.6) is 0 Å². The quantitative estimate of drug-likeness (QED) is 0.764. The number of β-amino-alcohol motifs (C(OH)–C–C–N with tert-alkyl or cyclic N) is 1. The zero-order chi connectivity index (χ0) is 11.6. The minimum atomic E-state index is -0.709. The van der Waals surface area contributed by atoms with E-state index in [2.05, 4.69) is 4.90 Å². The molecule has 2 rings (SSSR count). The number of aliphatic hydroxyl groups is 1. The van der Waals surface area contributed by atoms with Gasteiger partial charge in [0.15, 0.2) is 0 Å². The summed E-state index contributed by atoms with van der Waals surface area (Å²) < 4.78 is 0. The van der Waals surface area contributed by atoms with Gasteiger partial charge in [-0.25, -0.2) is 0 Å². The van der Waals surface area contributed by atoms with E-state index in [9.17, 15) is 5.11 Å². The van der Waals surface area contributed by atoms with Crippen molar-refractivity contribution in [2.45, 2.75) is 57.1 Å². The van der Waals surface area contributed by atoms with E-state index in [0.29, 0.717) is 6.54 Å². The van der Waals surface area contributed by atoms with Crippen LogP contribution in [0.2, 0.25) is 0 Å². The molecule has 3 unspecified atom stereocenters. The van der Waals surface area contributed by atoms with Crippen LogP contribution in [0, 0.1) is 5.92 Å². The van der Waals surface area contributed by atoms with Crippen molar-refractivity contribution in [3.63, 3.8) is 0 Å². The predicted octanol–water partition coefficient (Wildman–Crippen LogP) is 1.35. The largest absolute Gasteiger partial charge is 0.388 e. The number of rotatable bonds is 3. The summed E-state index contributed by atoms with van der Waals surface area (Å²) in [6.07, 6.45) is 8.18. The van der Waals surface area contributed by atoms with Crippen molar-refractivity contribution < 1.29 is 5.11 Å². The third-order valence-corrected chi connectivity index (χ3v) is 4.34. The maximum Gasteiger partial charge on any atom is 0.0867 e. The van der Waals surface area contributed by atoms with Crippen LogP contribution in [0.4, 0.5) is 0 Å². The molecule has 16 heavy (non-hydrogen) atoms. The Labute approximate surface area is 99.0 Å². The van der Waals surface area contributed by atoms with Gasteiger partial charge in [0.25, 0.3) is 0 Å². The molecule has 0 aromatic heterocycles. The van der Waals surface area contributed by atoms with Crippen LogP contribution in [0.25, 0.3) is 0 Å². The molecule has 2 fully saturated rings. The molecular weight excluding hydrogens is 200 g/mol. The first kappa shape index (κ1) is 12.3. The first-order valence-corrected chi connectivity index (χ1v) is 6.79. The minimum Gasteiger partial charge on any atom is -0.388 e. The fraction of sp³-hybridized carbons (Fsp3) is 1.00. The molecule has 3 nitrogen and oxygen atoms in total. The molecule has 3 atom stereocenters. The van der Waals surface area contributed by atoms with Crippen LogP contribution < -0.4 is 5.73 Å². The molecule has 0 spiro atoms. The van der Waals surface area contributed by atoms with Gasteiger partial charge >= 0.3 is 0 Å². The zero-order valence-electron chi connectivity index (χ0n) is 10.5. The molecular formula is C13H26N2O. The van der Waals surface area contributed by atoms with Gasteiger partial charge in [-0.2, -0.15) is 0 Å². The molecule has 0 amide bonds. The molecule has 3 N–H and O–H groups in total. The van der Waals surface area contributed by atoms with E-state index in [1.165, 1.54) is 38.5 Å². The second kappa shape index (κ2) is 5.03. The third kappa shape index (κ3) is 2.76. The van der Waals surface area contributed by atoms with Gasteiger partial charge in [0, 0.05) is 19.1 Å². The van der Waals surface area contributed by atoms with E-state index in [4.69, 9.17) is 5.73 Å². The number of nitrogens with two attached hydrogens (primary N) is 1. The van der Waals surface area contributed by atoms with Crippen LogP contribution in [-0.4, -0.2) is 41.3 Å². The van der Waals surface area contributed by atoms with Crippen molar-refractivity contribution >= 4 is 0 Å². The summed E-state index contributed by atoms with van der Waals surface area (Å²) in [5.41, 5.74) is 4.91. The summed E-state index contributed by atoms with van der Waals surface area (Å²) in [6.45, 7) is 4.13. The molecule has 0 aromatic rings. The molecule has 0 bridgehead atoms. The van der Waals surface area contributed by atoms with Crippen molar-refractivity contribution in [2.24, 2.45) is 11.7 Å². The van der Waals surface area contributed by atoms with E-state index >= 15 is 0 Å². The van der Waals surface area contributed by atoms with Crippen LogP contribution in [-0.2, 0) is 0 Å². The fourth-order valence-electron chi connectivity index (χ4n) is 3.43. The normalized spacial score (nSPS) is 35.4. The van der Waals surface area contributed by atoms with Crippen LogP contribution in [0.15, 0.2) is 0 Å². The molecule has 1 aliphatic carbocycles. The van der Waals surface area contributed by atoms with Crippen LogP contribution in [0.3, 0.4) is 0 Å². The van der Waals surface area contributed by atoms with Gasteiger partial charge in [-0.15, -0.1) is 0 Å². The molecule has 1 heterocycles. The molecule has 1 saturated heterocycles. The average molecular weight is 226 g/mol. The lowest BCUT2D eigenvalue weighted by Gasteiger charge is -2.46. The monoisotopic (exact) mass is 226 g/mol. The number of hydrogen-bond donors (Lipinski definition) is 2. The van der Waals surface area contributed by atoms with Crippen LogP contribution in [0.1, 0.15) is 45.4 Å². The first-order chi connectivity index (χ1) is 7.62. The lowest BCUT2D eigenvalue weighted by Crippen LogP contribution is -2.54. The van der Waals surface area contributed by atoms with E-state index in [1.807, 2.05) is 6.92 Å². The first-order valence-electron chi connectivity index (χ1n) is 6.79. The number of fused-ring (bicyclic) bond motifs is 1. The number of piperidine rings is 1. The summed E-state index contributed by atoms with van der Waals surface area (Å²) >= 11 is 0. The van der Waals surface area contributed by atoms with Crippen molar-refractivity contribution in [1.29, 1.82) is 0 Å². The molecule has 1 aliphatic heterocycles. The Morgan fingerprint density at radius 3 is 2.69 bits per heavy atom. The fourth-order valence-corrected chi connectivity index (χ4v) is 3.43. The molecule has 94 valence electrons. The molecule has 1 saturated carbocycles. The Bertz CT molecular complexity index is 228. The van der Waals surface area contributed by atoms with Crippen molar-refractivity contribution in [1.82, 2.24) is 4.90 Å². The number of likely N-dealkylation sites (tertiary alicyclic amines) is 1. The Morgan fingerprint density at radius 1 is 1.25 bits per heavy atom. The topological polar surface area (TPSA) is 49.5 Å². The summed E-state index contributed by atoms with van der Waals surface area (Å²) in [6, 6.07) is 0.723. The van der Waals surface area contributed by atoms with Gasteiger partial charge < -0.3 is 10.8 Å². The summed E-state index contributed by atoms with van der Waals surface area (Å²) in [4.78, 5) is 2.50. The highest BCUT2D eigenvalue weighted by Gasteiger charge is 2.35. The summed E-state index contributed by atoms with van der Waals surface area (Å²) in [5.74, 6) is 0.885. The summed E-state index contributed by atoms with van der Waals surface area (Å²) in [5, 5.41) is 10.1. The lowest BCUT2D eigenvalue weighted by molar-refractivity contribution is -0.0218. The van der Waals surface area contributed by atoms with Gasteiger partial charge in [0.05, 0.1) is 5.60 Å². The standard InChI is InChI=1S/C13H26N2O/c1-13(16,9-14)10-15-8-4-6-11-5-2-3-7-12(11)15/h11-12,16H,2-10,14H2,1H3. The molecule has 0 aromatic carbocycles. The highest BCUT2D eigenvalue weighted by Crippen LogP contribution is 2.35. The maximum atomic E-state index is 10.1. The second-order valence-corrected chi connectivity index (χ2v) is 5.93. The Hall–Kier alpha value is -0.120. The Balaban J connectivity index is 1.97. The molecule has 3 heteroatoms. The van der Waals surface area contributed by atoms with Crippen LogP contribution >= 0.6 is 0 Å². The van der Waals surface area contributed by atoms with Gasteiger partial charge in [0.2, 0.25) is 0 Å². The minimum absolute atomic E-state index is 0.362. The third-order valence-electron chi connectivity index (χ3n) is 4.34. The van der Waals surface area contributed by atoms with Gasteiger partial charge in [0.1, 0.15) is 0 Å². The van der Waals surface area contributed by atoms with Crippen molar-refractivity contribution in [3.05, 3.63) is 0 Å². The summed E-state index contributed by atoms with van der Waals surface area (Å²) in [7, 11) is 0. The van der Waals surface area contributed by atoms with Crippen molar-refractivity contribution in [2.75, 3.05) is 19.6 Å². The van der Waals surface area contributed by atoms with Gasteiger partial charge in [-0.1, -0.05) is 12.8 Å². The van der Waals surface area contributed by atoms with E-state index in [0.717, 1.165) is 25.0 Å². The Kier molecular flexibility index (Phi) is 3.88. The van der Waals surface area contributed by atoms with E-state index in [1.54, 1.807) is 0 Å². The van der Waals surface area contributed by atoms with Gasteiger partial charge in [-0.3, -0.25) is 4.90 Å². The molecule has 0 radical (unpaired) electrons. The average Bonchev–Trinajstić information content (AvgIpc) is 2.29. The smallest absolute Gasteiger partial charge is 0.0867 e. The second-order valence-electron chi connectivity index (χ2n) is 5.93. The van der Waals surface area contributed by atoms with E-state index in [-0.39, 0.29) is 0 Å². The van der Waals surface area contributed by atoms with Crippen molar-refractivity contribution in [3.8, 4) is 0 Å². The van der Waals surface area contributed by atoms with E-state index < -0.39 is 5.60 Å². The predicted molar refractivity (Wildman–Crippen MR) is 66.2 cm³/mol. The number of nitrogens with zero attached hydrogens (tertiary/aromatic N) is 1. The van der Waals surface area contributed by atoms with Gasteiger partial charge in [-0.05, 0) is 45.1 Å².